The van der Waals surface area contributed by atoms with Gasteiger partial charge in [-0.15, -0.1) is 0 Å². The van der Waals surface area contributed by atoms with Crippen LogP contribution in [0.25, 0.3) is 5.57 Å². The summed E-state index contributed by atoms with van der Waals surface area (Å²) in [5.41, 5.74) is 4.44. The number of rotatable bonds is 11. The number of carbonyl (C=O) groups is 1. The molecule has 0 aliphatic carbocycles. The van der Waals surface area contributed by atoms with Crippen LogP contribution in [0.2, 0.25) is 0 Å². The van der Waals surface area contributed by atoms with Crippen LogP contribution in [-0.2, 0) is 33.1 Å². The zero-order valence-electron chi connectivity index (χ0n) is 28.7. The van der Waals surface area contributed by atoms with Crippen LogP contribution >= 0.6 is 0 Å². The fourth-order valence-corrected chi connectivity index (χ4v) is 8.04. The number of nitrogens with one attached hydrogen (secondary N) is 1. The molecular weight excluding hydrogens is 683 g/mol. The van der Waals surface area contributed by atoms with Crippen LogP contribution in [0.1, 0.15) is 66.2 Å². The number of nitrogens with zero attached hydrogens (tertiary/aromatic N) is 2. The Balaban J connectivity index is 0.000000630. The molecule has 3 heterocycles. The molecule has 0 bridgehead atoms. The minimum absolute atomic E-state index is 0.0413. The monoisotopic (exact) mass is 727 g/mol. The molecule has 270 valence electrons. The zero-order chi connectivity index (χ0) is 36.2. The highest BCUT2D eigenvalue weighted by Gasteiger charge is 2.32. The Morgan fingerprint density at radius 1 is 0.860 bits per heavy atom. The number of carboxylic acids is 1. The van der Waals surface area contributed by atoms with Crippen molar-refractivity contribution in [2.45, 2.75) is 46.5 Å². The molecule has 0 saturated heterocycles. The lowest BCUT2D eigenvalue weighted by atomic mass is 9.85. The second-order valence-corrected chi connectivity index (χ2v) is 15.8. The Labute approximate surface area is 293 Å². The molecule has 3 aliphatic heterocycles. The van der Waals surface area contributed by atoms with E-state index in [2.05, 4.69) is 20.8 Å². The number of ether oxygens (including phenoxy) is 1. The van der Waals surface area contributed by atoms with Crippen molar-refractivity contribution in [1.82, 2.24) is 4.58 Å². The topological polar surface area (TPSA) is 172 Å². The van der Waals surface area contributed by atoms with Crippen molar-refractivity contribution in [3.63, 3.8) is 0 Å². The Morgan fingerprint density at radius 2 is 1.54 bits per heavy atom. The van der Waals surface area contributed by atoms with E-state index in [1.807, 2.05) is 33.7 Å². The molecule has 0 fully saturated rings. The minimum atomic E-state index is -4.42. The first-order valence-electron chi connectivity index (χ1n) is 17.2. The van der Waals surface area contributed by atoms with Crippen LogP contribution in [0.3, 0.4) is 0 Å². The van der Waals surface area contributed by atoms with Gasteiger partial charge in [0.1, 0.15) is 28.2 Å². The van der Waals surface area contributed by atoms with Gasteiger partial charge in [0.05, 0.1) is 52.4 Å². The van der Waals surface area contributed by atoms with E-state index >= 15 is 0 Å². The molecule has 2 N–H and O–H groups in total. The number of anilines is 1. The Kier molecular flexibility index (Phi) is 11.7. The maximum Gasteiger partial charge on any atom is 0.336 e. The van der Waals surface area contributed by atoms with Crippen molar-refractivity contribution in [1.29, 1.82) is 0 Å². The zero-order valence-corrected chi connectivity index (χ0v) is 30.4. The van der Waals surface area contributed by atoms with E-state index in [1.54, 1.807) is 29.2 Å². The standard InChI is InChI=1S/C30H30N2O9S2.C6H15N/c33-30(34)20-6-2-1-5-19(20)27-23-9-11-25-21(7-3-13-31(25)15-17-42(35,36)37)28(23)41-29-22-8-4-14-32(16-18-43(38,39)40)26(22)12-10-24(27)29;1-4-7(5-2)6-3/h1-2,5-6,9-12H,3-4,7-8,13-18H2,(H2-,33,34,35,36,37,38,39,40);4-6H2,1-3H3. The lowest BCUT2D eigenvalue weighted by molar-refractivity contribution is -0.894. The summed E-state index contributed by atoms with van der Waals surface area (Å²) in [6, 6.07) is 14.2. The van der Waals surface area contributed by atoms with E-state index in [-0.39, 0.29) is 18.7 Å². The molecule has 50 heavy (non-hydrogen) atoms. The van der Waals surface area contributed by atoms with Gasteiger partial charge in [-0.25, -0.2) is 26.2 Å². The first-order valence-corrected chi connectivity index (χ1v) is 20.3. The van der Waals surface area contributed by atoms with Gasteiger partial charge >= 0.3 is 5.97 Å². The van der Waals surface area contributed by atoms with Gasteiger partial charge in [0.2, 0.25) is 5.36 Å². The van der Waals surface area contributed by atoms with Crippen LogP contribution in [0, 0.1) is 0 Å². The fraction of sp³-hybridized carbons (Fsp3) is 0.444. The highest BCUT2D eigenvalue weighted by Crippen LogP contribution is 2.45. The first-order chi connectivity index (χ1) is 23.8. The predicted molar refractivity (Wildman–Crippen MR) is 189 cm³/mol. The number of carboxylic acid groups (broad SMARTS) is 1. The summed E-state index contributed by atoms with van der Waals surface area (Å²) < 4.78 is 77.0. The van der Waals surface area contributed by atoms with Gasteiger partial charge in [0.15, 0.2) is 6.54 Å². The average Bonchev–Trinajstić information content (AvgIpc) is 3.09. The van der Waals surface area contributed by atoms with Crippen molar-refractivity contribution < 1.29 is 45.5 Å². The largest absolute Gasteiger partial charge is 0.748 e. The molecular formula is C36H45N3O9S2. The van der Waals surface area contributed by atoms with Crippen LogP contribution in [0.15, 0.2) is 48.5 Å². The molecule has 0 saturated carbocycles. The highest BCUT2D eigenvalue weighted by molar-refractivity contribution is 7.85. The Bertz CT molecular complexity index is 2110. The number of aromatic carboxylic acids is 1. The fourth-order valence-electron chi connectivity index (χ4n) is 7.16. The minimum Gasteiger partial charge on any atom is -0.748 e. The summed E-state index contributed by atoms with van der Waals surface area (Å²) in [6.45, 7) is 11.7. The van der Waals surface area contributed by atoms with E-state index in [0.29, 0.717) is 72.2 Å². The lowest BCUT2D eigenvalue weighted by Crippen LogP contribution is -3.11. The van der Waals surface area contributed by atoms with Gasteiger partial charge in [-0.3, -0.25) is 0 Å². The van der Waals surface area contributed by atoms with E-state index in [4.69, 9.17) is 4.74 Å². The van der Waals surface area contributed by atoms with Crippen molar-refractivity contribution in [2.24, 2.45) is 0 Å². The molecule has 0 atom stereocenters. The lowest BCUT2D eigenvalue weighted by Gasteiger charge is -2.35. The van der Waals surface area contributed by atoms with Gasteiger partial charge in [-0.05, 0) is 69.9 Å². The summed E-state index contributed by atoms with van der Waals surface area (Å²) in [6.07, 6.45) is 2.66. The van der Waals surface area contributed by atoms with E-state index in [0.717, 1.165) is 22.2 Å². The number of quaternary nitrogens is 1. The summed E-state index contributed by atoms with van der Waals surface area (Å²) in [5.74, 6) is -1.05. The summed E-state index contributed by atoms with van der Waals surface area (Å²) >= 11 is 0. The molecule has 3 aromatic rings. The van der Waals surface area contributed by atoms with Crippen molar-refractivity contribution in [3.8, 4) is 11.5 Å². The Morgan fingerprint density at radius 3 is 2.18 bits per heavy atom. The van der Waals surface area contributed by atoms with Crippen molar-refractivity contribution in [3.05, 3.63) is 86.9 Å². The van der Waals surface area contributed by atoms with Crippen LogP contribution in [-0.4, -0.2) is 94.3 Å². The molecule has 0 unspecified atom stereocenters. The SMILES string of the molecule is CC[NH+](CC)CC.O=C(O)c1ccccc1C1=c2ccc3c(c2Oc2c1ccc1c2CCCN1CCS(=O)(=O)[O-])CCC[N+]=3CCS(=O)(=O)[O-]. The van der Waals surface area contributed by atoms with Gasteiger partial charge in [0, 0.05) is 53.2 Å². The number of hydrogen-bond donors (Lipinski definition) is 2. The molecule has 14 heteroatoms. The Hall–Kier alpha value is -3.82. The molecule has 12 nitrogen and oxygen atoms in total. The number of fused-ring (bicyclic) bond motifs is 6. The molecule has 6 rings (SSSR count). The van der Waals surface area contributed by atoms with Crippen LogP contribution in [0.5, 0.6) is 11.5 Å². The van der Waals surface area contributed by atoms with Crippen molar-refractivity contribution >= 4 is 37.5 Å². The van der Waals surface area contributed by atoms with E-state index < -0.39 is 37.7 Å². The van der Waals surface area contributed by atoms with Gasteiger partial charge < -0.3 is 28.7 Å². The molecule has 3 aromatic carbocycles. The molecule has 0 aromatic heterocycles. The van der Waals surface area contributed by atoms with E-state index in [1.165, 1.54) is 19.6 Å². The third-order valence-corrected chi connectivity index (χ3v) is 11.1. The van der Waals surface area contributed by atoms with Crippen LogP contribution in [0.4, 0.5) is 5.69 Å². The maximum atomic E-state index is 12.3. The van der Waals surface area contributed by atoms with Gasteiger partial charge in [0.25, 0.3) is 0 Å². The molecule has 3 aliphatic rings. The molecule has 0 spiro atoms. The second-order valence-electron chi connectivity index (χ2n) is 12.7. The van der Waals surface area contributed by atoms with Crippen molar-refractivity contribution in [2.75, 3.05) is 62.2 Å². The maximum absolute atomic E-state index is 12.3. The summed E-state index contributed by atoms with van der Waals surface area (Å²) in [4.78, 5) is 15.9. The average molecular weight is 728 g/mol. The summed E-state index contributed by atoms with van der Waals surface area (Å²) in [7, 11) is -8.83. The normalized spacial score (nSPS) is 15.3. The second kappa shape index (κ2) is 15.6. The quantitative estimate of drug-likeness (QED) is 0.168. The molecule has 0 radical (unpaired) electrons. The van der Waals surface area contributed by atoms with Crippen LogP contribution < -0.4 is 29.7 Å². The smallest absolute Gasteiger partial charge is 0.336 e. The van der Waals surface area contributed by atoms with E-state index in [9.17, 15) is 35.8 Å². The first kappa shape index (κ1) is 37.4. The van der Waals surface area contributed by atoms with Gasteiger partial charge in [-0.2, -0.15) is 0 Å². The highest BCUT2D eigenvalue weighted by atomic mass is 32.2. The summed E-state index contributed by atoms with van der Waals surface area (Å²) in [5, 5.41) is 11.5. The number of hydrogen-bond acceptors (Lipinski definition) is 9. The van der Waals surface area contributed by atoms with Gasteiger partial charge in [-0.1, -0.05) is 18.2 Å². The predicted octanol–water partition coefficient (Wildman–Crippen LogP) is 0.949. The number of benzene rings is 3. The third kappa shape index (κ3) is 8.37. The third-order valence-electron chi connectivity index (χ3n) is 9.75. The molecule has 0 amide bonds.